The summed E-state index contributed by atoms with van der Waals surface area (Å²) in [6.45, 7) is 0. The fraction of sp³-hybridized carbons (Fsp3) is 0.250. The molecule has 38 valence electrons. The third kappa shape index (κ3) is 1.57. The Morgan fingerprint density at radius 3 is 2.86 bits per heavy atom. The van der Waals surface area contributed by atoms with Gasteiger partial charge in [-0.3, -0.25) is 5.41 Å². The summed E-state index contributed by atoms with van der Waals surface area (Å²) in [6, 6.07) is 0. The van der Waals surface area contributed by atoms with Crippen LogP contribution in [0.25, 0.3) is 0 Å². The second-order valence-corrected chi connectivity index (χ2v) is 3.37. The third-order valence-electron chi connectivity index (χ3n) is 0.598. The Kier molecular flexibility index (Phi) is 1.82. The maximum atomic E-state index is 7.05. The molecule has 1 aliphatic heterocycles. The van der Waals surface area contributed by atoms with Gasteiger partial charge < -0.3 is 0 Å². The number of hydrogen-bond donors (Lipinski definition) is 1. The third-order valence-corrected chi connectivity index (χ3v) is 2.39. The molecular weight excluding hydrogens is 126 g/mol. The van der Waals surface area contributed by atoms with Gasteiger partial charge in [-0.1, -0.05) is 11.8 Å². The molecule has 0 aromatic rings. The van der Waals surface area contributed by atoms with Crippen molar-refractivity contribution in [3.8, 4) is 0 Å². The second kappa shape index (κ2) is 2.43. The molecule has 1 nitrogen and oxygen atoms in total. The van der Waals surface area contributed by atoms with E-state index >= 15 is 0 Å². The van der Waals surface area contributed by atoms with Crippen LogP contribution in [0.3, 0.4) is 0 Å². The van der Waals surface area contributed by atoms with Crippen LogP contribution >= 0.6 is 23.5 Å². The highest BCUT2D eigenvalue weighted by Crippen LogP contribution is 2.19. The summed E-state index contributed by atoms with van der Waals surface area (Å²) >= 11 is 3.32. The molecule has 0 bridgehead atoms. The molecule has 0 aromatic carbocycles. The molecule has 0 amide bonds. The van der Waals surface area contributed by atoms with Crippen LogP contribution < -0.4 is 0 Å². The Hall–Kier alpha value is 0.110. The molecule has 0 atom stereocenters. The Morgan fingerprint density at radius 1 is 1.71 bits per heavy atom. The molecule has 0 saturated carbocycles. The van der Waals surface area contributed by atoms with Gasteiger partial charge >= 0.3 is 0 Å². The molecule has 3 heteroatoms. The van der Waals surface area contributed by atoms with E-state index in [0.29, 0.717) is 5.04 Å². The van der Waals surface area contributed by atoms with Crippen molar-refractivity contribution >= 4 is 28.6 Å². The zero-order valence-corrected chi connectivity index (χ0v) is 5.31. The first-order valence-electron chi connectivity index (χ1n) is 1.89. The van der Waals surface area contributed by atoms with Crippen molar-refractivity contribution in [3.63, 3.8) is 0 Å². The number of hydrogen-bond acceptors (Lipinski definition) is 3. The summed E-state index contributed by atoms with van der Waals surface area (Å²) in [7, 11) is 0. The Balaban J connectivity index is 2.51. The molecule has 1 N–H and O–H groups in total. The van der Waals surface area contributed by atoms with Crippen LogP contribution in [0.5, 0.6) is 0 Å². The largest absolute Gasteiger partial charge is 0.294 e. The van der Waals surface area contributed by atoms with Gasteiger partial charge in [0.05, 0.1) is 5.04 Å². The molecule has 1 heterocycles. The minimum absolute atomic E-state index is 0.679. The highest BCUT2D eigenvalue weighted by atomic mass is 32.2. The number of thioether (sulfide) groups is 2. The summed E-state index contributed by atoms with van der Waals surface area (Å²) < 4.78 is 0. The van der Waals surface area contributed by atoms with Crippen LogP contribution in [0, 0.1) is 5.41 Å². The van der Waals surface area contributed by atoms with Crippen LogP contribution in [0.4, 0.5) is 0 Å². The summed E-state index contributed by atoms with van der Waals surface area (Å²) in [6.07, 6.45) is 1.82. The maximum Gasteiger partial charge on any atom is 0.0883 e. The van der Waals surface area contributed by atoms with E-state index in [1.54, 1.807) is 23.5 Å². The van der Waals surface area contributed by atoms with Crippen molar-refractivity contribution < 1.29 is 0 Å². The van der Waals surface area contributed by atoms with E-state index in [1.165, 1.54) is 0 Å². The zero-order chi connectivity index (χ0) is 5.11. The fourth-order valence-electron chi connectivity index (χ4n) is 0.295. The lowest BCUT2D eigenvalue weighted by Gasteiger charge is -1.99. The predicted octanol–water partition coefficient (Wildman–Crippen LogP) is 1.91. The van der Waals surface area contributed by atoms with Crippen LogP contribution in [0.1, 0.15) is 0 Å². The number of rotatable bonds is 0. The monoisotopic (exact) mass is 131 g/mol. The standard InChI is InChI=1S/C4H5NS2/c5-4-1-2-6-3-7-4/h1-2,5H,3H2. The van der Waals surface area contributed by atoms with E-state index in [2.05, 4.69) is 0 Å². The van der Waals surface area contributed by atoms with Crippen molar-refractivity contribution in [3.05, 3.63) is 11.5 Å². The molecule has 0 spiro atoms. The summed E-state index contributed by atoms with van der Waals surface area (Å²) in [5.41, 5.74) is 0. The van der Waals surface area contributed by atoms with E-state index in [9.17, 15) is 0 Å². The minimum Gasteiger partial charge on any atom is -0.294 e. The van der Waals surface area contributed by atoms with E-state index in [0.717, 1.165) is 5.08 Å². The lowest BCUT2D eigenvalue weighted by molar-refractivity contribution is 1.57. The van der Waals surface area contributed by atoms with Crippen molar-refractivity contribution in [1.82, 2.24) is 0 Å². The first-order chi connectivity index (χ1) is 3.39. The Labute approximate surface area is 51.1 Å². The Morgan fingerprint density at radius 2 is 2.57 bits per heavy atom. The van der Waals surface area contributed by atoms with Gasteiger partial charge in [0.1, 0.15) is 0 Å². The summed E-state index contributed by atoms with van der Waals surface area (Å²) in [4.78, 5) is 0. The maximum absolute atomic E-state index is 7.05. The van der Waals surface area contributed by atoms with Crippen LogP contribution in [0.2, 0.25) is 0 Å². The average Bonchev–Trinajstić information content (AvgIpc) is 1.69. The topological polar surface area (TPSA) is 23.9 Å². The molecule has 0 radical (unpaired) electrons. The van der Waals surface area contributed by atoms with Gasteiger partial charge in [0.2, 0.25) is 0 Å². The normalized spacial score (nSPS) is 20.3. The predicted molar refractivity (Wildman–Crippen MR) is 36.9 cm³/mol. The van der Waals surface area contributed by atoms with Crippen LogP contribution in [-0.2, 0) is 0 Å². The van der Waals surface area contributed by atoms with E-state index < -0.39 is 0 Å². The first kappa shape index (κ1) is 5.25. The van der Waals surface area contributed by atoms with Gasteiger partial charge in [0.15, 0.2) is 0 Å². The van der Waals surface area contributed by atoms with Gasteiger partial charge in [-0.25, -0.2) is 0 Å². The summed E-state index contributed by atoms with van der Waals surface area (Å²) in [5, 5.41) is 10.7. The van der Waals surface area contributed by atoms with Crippen LogP contribution in [0.15, 0.2) is 11.5 Å². The van der Waals surface area contributed by atoms with Crippen molar-refractivity contribution in [2.24, 2.45) is 0 Å². The first-order valence-corrected chi connectivity index (χ1v) is 3.92. The smallest absolute Gasteiger partial charge is 0.0883 e. The van der Waals surface area contributed by atoms with E-state index in [-0.39, 0.29) is 0 Å². The van der Waals surface area contributed by atoms with Crippen molar-refractivity contribution in [1.29, 1.82) is 5.41 Å². The zero-order valence-electron chi connectivity index (χ0n) is 3.68. The quantitative estimate of drug-likeness (QED) is 0.543. The molecule has 0 unspecified atom stereocenters. The highest BCUT2D eigenvalue weighted by molar-refractivity contribution is 8.25. The van der Waals surface area contributed by atoms with Gasteiger partial charge in [-0.2, -0.15) is 0 Å². The molecule has 0 aliphatic carbocycles. The molecule has 0 saturated heterocycles. The minimum atomic E-state index is 0.679. The molecular formula is C4H5NS2. The SMILES string of the molecule is N=C1C=CSCS1. The van der Waals surface area contributed by atoms with E-state index in [4.69, 9.17) is 5.41 Å². The fourth-order valence-corrected chi connectivity index (χ4v) is 1.87. The molecule has 7 heavy (non-hydrogen) atoms. The number of nitrogens with one attached hydrogen (secondary N) is 1. The molecule has 1 aliphatic rings. The molecule has 0 aromatic heterocycles. The lowest BCUT2D eigenvalue weighted by atomic mass is 10.7. The van der Waals surface area contributed by atoms with Crippen molar-refractivity contribution in [2.45, 2.75) is 0 Å². The van der Waals surface area contributed by atoms with Gasteiger partial charge in [-0.15, -0.1) is 11.8 Å². The molecule has 1 rings (SSSR count). The summed E-state index contributed by atoms with van der Waals surface area (Å²) in [5.74, 6) is 0. The Bertz CT molecular complexity index is 108. The van der Waals surface area contributed by atoms with Gasteiger partial charge in [0.25, 0.3) is 0 Å². The lowest BCUT2D eigenvalue weighted by Crippen LogP contribution is -1.86. The van der Waals surface area contributed by atoms with Crippen LogP contribution in [-0.4, -0.2) is 10.1 Å². The average molecular weight is 131 g/mol. The van der Waals surface area contributed by atoms with Gasteiger partial charge in [-0.05, 0) is 11.5 Å². The van der Waals surface area contributed by atoms with Gasteiger partial charge in [0, 0.05) is 5.08 Å². The second-order valence-electron chi connectivity index (χ2n) is 1.10. The van der Waals surface area contributed by atoms with Crippen molar-refractivity contribution in [2.75, 3.05) is 5.08 Å². The highest BCUT2D eigenvalue weighted by Gasteiger charge is 1.95. The molecule has 0 fully saturated rings. The van der Waals surface area contributed by atoms with E-state index in [1.807, 2.05) is 11.5 Å².